The van der Waals surface area contributed by atoms with Gasteiger partial charge >= 0.3 is 5.97 Å². The van der Waals surface area contributed by atoms with Crippen molar-refractivity contribution in [3.8, 4) is 0 Å². The molecule has 4 saturated carbocycles. The first-order chi connectivity index (χ1) is 8.60. The molecule has 4 rings (SSSR count). The van der Waals surface area contributed by atoms with Gasteiger partial charge in [-0.05, 0) is 56.3 Å². The molecule has 0 aromatic carbocycles. The maximum atomic E-state index is 12.0. The summed E-state index contributed by atoms with van der Waals surface area (Å²) in [4.78, 5) is 12.0. The highest BCUT2D eigenvalue weighted by Gasteiger charge is 2.53. The zero-order valence-electron chi connectivity index (χ0n) is 11.1. The SMILES string of the molecule is C=C(COC)C(=O)OC12CC3CC(CC(C3)C1)C2. The molecule has 0 spiro atoms. The van der Waals surface area contributed by atoms with Gasteiger partial charge in [-0.25, -0.2) is 4.79 Å². The van der Waals surface area contributed by atoms with Crippen molar-refractivity contribution in [2.24, 2.45) is 17.8 Å². The van der Waals surface area contributed by atoms with Gasteiger partial charge in [-0.1, -0.05) is 6.58 Å². The van der Waals surface area contributed by atoms with Gasteiger partial charge in [0.15, 0.2) is 0 Å². The van der Waals surface area contributed by atoms with Crippen LogP contribution in [0.5, 0.6) is 0 Å². The third kappa shape index (κ3) is 2.09. The van der Waals surface area contributed by atoms with Crippen LogP contribution in [0.15, 0.2) is 12.2 Å². The third-order valence-corrected chi connectivity index (χ3v) is 4.90. The molecule has 4 bridgehead atoms. The first-order valence-corrected chi connectivity index (χ1v) is 7.00. The molecular formula is C15H22O3. The van der Waals surface area contributed by atoms with Gasteiger partial charge in [0.05, 0.1) is 12.2 Å². The fourth-order valence-corrected chi connectivity index (χ4v) is 4.66. The van der Waals surface area contributed by atoms with Crippen molar-refractivity contribution in [3.63, 3.8) is 0 Å². The minimum Gasteiger partial charge on any atom is -0.456 e. The van der Waals surface area contributed by atoms with Crippen LogP contribution < -0.4 is 0 Å². The van der Waals surface area contributed by atoms with Gasteiger partial charge in [-0.2, -0.15) is 0 Å². The van der Waals surface area contributed by atoms with Crippen LogP contribution in [0.3, 0.4) is 0 Å². The van der Waals surface area contributed by atoms with E-state index < -0.39 is 0 Å². The van der Waals surface area contributed by atoms with E-state index in [9.17, 15) is 4.79 Å². The van der Waals surface area contributed by atoms with E-state index in [1.807, 2.05) is 0 Å². The van der Waals surface area contributed by atoms with Gasteiger partial charge in [-0.3, -0.25) is 0 Å². The van der Waals surface area contributed by atoms with Gasteiger partial charge in [0, 0.05) is 7.11 Å². The summed E-state index contributed by atoms with van der Waals surface area (Å²) in [5.41, 5.74) is 0.274. The largest absolute Gasteiger partial charge is 0.456 e. The van der Waals surface area contributed by atoms with Crippen LogP contribution in [0.2, 0.25) is 0 Å². The molecule has 0 unspecified atom stereocenters. The summed E-state index contributed by atoms with van der Waals surface area (Å²) in [6.45, 7) is 4.01. The number of rotatable bonds is 4. The Hall–Kier alpha value is -0.830. The Balaban J connectivity index is 1.68. The minimum atomic E-state index is -0.251. The lowest BCUT2D eigenvalue weighted by molar-refractivity contribution is -0.182. The minimum absolute atomic E-state index is 0.164. The second kappa shape index (κ2) is 4.37. The first-order valence-electron chi connectivity index (χ1n) is 7.00. The summed E-state index contributed by atoms with van der Waals surface area (Å²) >= 11 is 0. The lowest BCUT2D eigenvalue weighted by atomic mass is 9.54. The number of hydrogen-bond donors (Lipinski definition) is 0. The molecule has 0 radical (unpaired) electrons. The molecule has 0 saturated heterocycles. The normalized spacial score (nSPS) is 40.8. The third-order valence-electron chi connectivity index (χ3n) is 4.90. The summed E-state index contributed by atoms with van der Waals surface area (Å²) in [6.07, 6.45) is 7.29. The Morgan fingerprint density at radius 1 is 1.17 bits per heavy atom. The van der Waals surface area contributed by atoms with Crippen molar-refractivity contribution in [2.75, 3.05) is 13.7 Å². The van der Waals surface area contributed by atoms with E-state index in [-0.39, 0.29) is 18.2 Å². The van der Waals surface area contributed by atoms with Gasteiger partial charge < -0.3 is 9.47 Å². The van der Waals surface area contributed by atoms with Crippen molar-refractivity contribution in [3.05, 3.63) is 12.2 Å². The first kappa shape index (κ1) is 12.2. The highest BCUT2D eigenvalue weighted by Crippen LogP contribution is 2.57. The number of esters is 1. The smallest absolute Gasteiger partial charge is 0.336 e. The average Bonchev–Trinajstić information content (AvgIpc) is 2.26. The Bertz CT molecular complexity index is 337. The van der Waals surface area contributed by atoms with Crippen LogP contribution in [0.1, 0.15) is 38.5 Å². The molecule has 0 heterocycles. The molecule has 4 fully saturated rings. The van der Waals surface area contributed by atoms with E-state index in [0.29, 0.717) is 5.57 Å². The van der Waals surface area contributed by atoms with Crippen LogP contribution in [-0.2, 0) is 14.3 Å². The number of carbonyl (C=O) groups is 1. The molecule has 100 valence electrons. The zero-order chi connectivity index (χ0) is 12.8. The van der Waals surface area contributed by atoms with Crippen LogP contribution in [0.4, 0.5) is 0 Å². The van der Waals surface area contributed by atoms with E-state index in [0.717, 1.165) is 37.0 Å². The molecule has 18 heavy (non-hydrogen) atoms. The van der Waals surface area contributed by atoms with Crippen LogP contribution >= 0.6 is 0 Å². The summed E-state index contributed by atoms with van der Waals surface area (Å²) in [5, 5.41) is 0. The molecule has 4 aliphatic rings. The maximum Gasteiger partial charge on any atom is 0.336 e. The summed E-state index contributed by atoms with van der Waals surface area (Å²) in [6, 6.07) is 0. The number of ether oxygens (including phenoxy) is 2. The van der Waals surface area contributed by atoms with E-state index >= 15 is 0 Å². The van der Waals surface area contributed by atoms with Gasteiger partial charge in [0.2, 0.25) is 0 Å². The number of methoxy groups -OCH3 is 1. The lowest BCUT2D eigenvalue weighted by Gasteiger charge is -2.55. The topological polar surface area (TPSA) is 35.5 Å². The van der Waals surface area contributed by atoms with E-state index in [4.69, 9.17) is 9.47 Å². The van der Waals surface area contributed by atoms with Crippen LogP contribution in [0, 0.1) is 17.8 Å². The molecule has 0 aromatic rings. The second-order valence-electron chi connectivity index (χ2n) is 6.53. The highest BCUT2D eigenvalue weighted by molar-refractivity contribution is 5.88. The fourth-order valence-electron chi connectivity index (χ4n) is 4.66. The monoisotopic (exact) mass is 250 g/mol. The van der Waals surface area contributed by atoms with E-state index in [1.54, 1.807) is 7.11 Å². The van der Waals surface area contributed by atoms with Gasteiger partial charge in [-0.15, -0.1) is 0 Å². The molecule has 0 aliphatic heterocycles. The molecule has 3 nitrogen and oxygen atoms in total. The molecule has 0 atom stereocenters. The Morgan fingerprint density at radius 2 is 1.67 bits per heavy atom. The Morgan fingerprint density at radius 3 is 2.11 bits per heavy atom. The fraction of sp³-hybridized carbons (Fsp3) is 0.800. The molecular weight excluding hydrogens is 228 g/mol. The predicted molar refractivity (Wildman–Crippen MR) is 68.0 cm³/mol. The second-order valence-corrected chi connectivity index (χ2v) is 6.53. The molecule has 3 heteroatoms. The van der Waals surface area contributed by atoms with Gasteiger partial charge in [0.25, 0.3) is 0 Å². The Kier molecular flexibility index (Phi) is 2.97. The standard InChI is InChI=1S/C15H22O3/c1-10(9-17-2)14(16)18-15-6-11-3-12(7-15)5-13(4-11)8-15/h11-13H,1,3-9H2,2H3. The van der Waals surface area contributed by atoms with Crippen molar-refractivity contribution in [2.45, 2.75) is 44.1 Å². The van der Waals surface area contributed by atoms with Crippen molar-refractivity contribution in [1.29, 1.82) is 0 Å². The molecule has 4 aliphatic carbocycles. The van der Waals surface area contributed by atoms with Gasteiger partial charge in [0.1, 0.15) is 5.60 Å². The average molecular weight is 250 g/mol. The maximum absolute atomic E-state index is 12.0. The molecule has 0 amide bonds. The highest BCUT2D eigenvalue weighted by atomic mass is 16.6. The van der Waals surface area contributed by atoms with Crippen molar-refractivity contribution >= 4 is 5.97 Å². The van der Waals surface area contributed by atoms with Crippen LogP contribution in [-0.4, -0.2) is 25.3 Å². The Labute approximate surface area is 109 Å². The van der Waals surface area contributed by atoms with E-state index in [2.05, 4.69) is 6.58 Å². The van der Waals surface area contributed by atoms with Crippen molar-refractivity contribution < 1.29 is 14.3 Å². The number of carbonyl (C=O) groups excluding carboxylic acids is 1. The summed E-state index contributed by atoms with van der Waals surface area (Å²) < 4.78 is 10.8. The van der Waals surface area contributed by atoms with Crippen LogP contribution in [0.25, 0.3) is 0 Å². The predicted octanol–water partition coefficient (Wildman–Crippen LogP) is 2.70. The lowest BCUT2D eigenvalue weighted by Crippen LogP contribution is -2.52. The summed E-state index contributed by atoms with van der Waals surface area (Å²) in [7, 11) is 1.57. The summed E-state index contributed by atoms with van der Waals surface area (Å²) in [5.74, 6) is 2.12. The number of hydrogen-bond acceptors (Lipinski definition) is 3. The molecule has 0 aromatic heterocycles. The zero-order valence-corrected chi connectivity index (χ0v) is 11.1. The molecule has 0 N–H and O–H groups in total. The quantitative estimate of drug-likeness (QED) is 0.568. The van der Waals surface area contributed by atoms with E-state index in [1.165, 1.54) is 19.3 Å². The van der Waals surface area contributed by atoms with Crippen molar-refractivity contribution in [1.82, 2.24) is 0 Å².